The number of nitrogens with zero attached hydrogens (tertiary/aromatic N) is 5. The third-order valence-electron chi connectivity index (χ3n) is 4.46. The van der Waals surface area contributed by atoms with Crippen LogP contribution in [0.4, 0.5) is 0 Å². The van der Waals surface area contributed by atoms with Gasteiger partial charge in [-0.25, -0.2) is 0 Å². The number of carbonyl (C=O) groups is 1. The predicted octanol–water partition coefficient (Wildman–Crippen LogP) is 1.34. The molecule has 25 heavy (non-hydrogen) atoms. The molecule has 2 aromatic heterocycles. The first kappa shape index (κ1) is 17.6. The fourth-order valence-corrected chi connectivity index (χ4v) is 3.02. The molecular weight excluding hydrogens is 320 g/mol. The summed E-state index contributed by atoms with van der Waals surface area (Å²) in [5, 5.41) is 11.9. The van der Waals surface area contributed by atoms with Crippen LogP contribution in [0.2, 0.25) is 0 Å². The van der Waals surface area contributed by atoms with Gasteiger partial charge in [-0.1, -0.05) is 12.1 Å². The average molecular weight is 346 g/mol. The second kappa shape index (κ2) is 8.24. The summed E-state index contributed by atoms with van der Waals surface area (Å²) < 4.78 is 6.89. The van der Waals surface area contributed by atoms with E-state index in [2.05, 4.69) is 27.5 Å². The van der Waals surface area contributed by atoms with Gasteiger partial charge >= 0.3 is 0 Å². The Morgan fingerprint density at radius 2 is 2.40 bits per heavy atom. The zero-order chi connectivity index (χ0) is 17.6. The quantitative estimate of drug-likeness (QED) is 0.814. The minimum absolute atomic E-state index is 0.0355. The van der Waals surface area contributed by atoms with Crippen LogP contribution in [-0.2, 0) is 24.3 Å². The summed E-state index contributed by atoms with van der Waals surface area (Å²) in [7, 11) is 1.74. The standard InChI is InChI=1S/C17H26N6O2/c1-3-5-15-19-16(25-21-15)11-22(2)17(24)12-23-9-7-14(20-23)13-6-4-8-18-10-13/h7,9,13,18H,3-6,8,10-12H2,1-2H3/t13-/m1/s1. The first-order valence-corrected chi connectivity index (χ1v) is 8.95. The molecule has 0 unspecified atom stereocenters. The zero-order valence-corrected chi connectivity index (χ0v) is 14.9. The number of aromatic nitrogens is 4. The molecule has 3 rings (SSSR count). The Morgan fingerprint density at radius 3 is 3.16 bits per heavy atom. The van der Waals surface area contributed by atoms with Crippen LogP contribution in [0, 0.1) is 0 Å². The van der Waals surface area contributed by atoms with Crippen LogP contribution in [0.3, 0.4) is 0 Å². The van der Waals surface area contributed by atoms with Gasteiger partial charge in [0.2, 0.25) is 11.8 Å². The highest BCUT2D eigenvalue weighted by Gasteiger charge is 2.19. The lowest BCUT2D eigenvalue weighted by atomic mass is 9.97. The second-order valence-electron chi connectivity index (χ2n) is 6.59. The third kappa shape index (κ3) is 4.66. The summed E-state index contributed by atoms with van der Waals surface area (Å²) in [4.78, 5) is 18.3. The molecular formula is C17H26N6O2. The highest BCUT2D eigenvalue weighted by atomic mass is 16.5. The van der Waals surface area contributed by atoms with Crippen LogP contribution < -0.4 is 5.32 Å². The molecule has 1 saturated heterocycles. The van der Waals surface area contributed by atoms with Crippen LogP contribution in [0.1, 0.15) is 49.5 Å². The largest absolute Gasteiger partial charge is 0.337 e. The van der Waals surface area contributed by atoms with Gasteiger partial charge in [0.25, 0.3) is 0 Å². The van der Waals surface area contributed by atoms with Crippen LogP contribution in [-0.4, -0.2) is 50.9 Å². The Hall–Kier alpha value is -2.22. The second-order valence-corrected chi connectivity index (χ2v) is 6.59. The molecule has 2 aromatic rings. The van der Waals surface area contributed by atoms with Gasteiger partial charge in [-0.15, -0.1) is 0 Å². The van der Waals surface area contributed by atoms with Crippen molar-refractivity contribution >= 4 is 5.91 Å². The molecule has 1 fully saturated rings. The van der Waals surface area contributed by atoms with E-state index in [1.807, 2.05) is 12.3 Å². The van der Waals surface area contributed by atoms with Gasteiger partial charge in [-0.2, -0.15) is 10.1 Å². The lowest BCUT2D eigenvalue weighted by molar-refractivity contribution is -0.131. The Balaban J connectivity index is 1.53. The molecule has 1 amide bonds. The van der Waals surface area contributed by atoms with E-state index in [0.717, 1.165) is 38.0 Å². The van der Waals surface area contributed by atoms with Gasteiger partial charge in [0.15, 0.2) is 5.82 Å². The molecule has 0 spiro atoms. The van der Waals surface area contributed by atoms with Gasteiger partial charge < -0.3 is 14.7 Å². The van der Waals surface area contributed by atoms with E-state index >= 15 is 0 Å². The summed E-state index contributed by atoms with van der Waals surface area (Å²) in [6.07, 6.45) is 5.94. The fourth-order valence-electron chi connectivity index (χ4n) is 3.02. The van der Waals surface area contributed by atoms with Crippen molar-refractivity contribution in [3.8, 4) is 0 Å². The number of hydrogen-bond donors (Lipinski definition) is 1. The van der Waals surface area contributed by atoms with Gasteiger partial charge in [-0.05, 0) is 31.9 Å². The number of aryl methyl sites for hydroxylation is 1. The minimum atomic E-state index is -0.0355. The SMILES string of the molecule is CCCc1noc(CN(C)C(=O)Cn2ccc([C@@H]3CCCNC3)n2)n1. The summed E-state index contributed by atoms with van der Waals surface area (Å²) in [5.41, 5.74) is 1.06. The monoisotopic (exact) mass is 346 g/mol. The molecule has 1 aliphatic heterocycles. The summed E-state index contributed by atoms with van der Waals surface area (Å²) in [5.74, 6) is 1.56. The molecule has 0 bridgehead atoms. The van der Waals surface area contributed by atoms with Crippen molar-refractivity contribution < 1.29 is 9.32 Å². The Bertz CT molecular complexity index is 689. The van der Waals surface area contributed by atoms with Crippen LogP contribution in [0.5, 0.6) is 0 Å². The first-order chi connectivity index (χ1) is 12.2. The van der Waals surface area contributed by atoms with Crippen molar-refractivity contribution in [1.82, 2.24) is 30.1 Å². The molecule has 1 atom stereocenters. The van der Waals surface area contributed by atoms with Crippen molar-refractivity contribution in [3.63, 3.8) is 0 Å². The van der Waals surface area contributed by atoms with E-state index in [4.69, 9.17) is 4.52 Å². The van der Waals surface area contributed by atoms with E-state index in [-0.39, 0.29) is 12.5 Å². The highest BCUT2D eigenvalue weighted by molar-refractivity contribution is 5.75. The number of likely N-dealkylation sites (N-methyl/N-ethyl adjacent to an activating group) is 1. The van der Waals surface area contributed by atoms with Crippen molar-refractivity contribution in [2.24, 2.45) is 0 Å². The van der Waals surface area contributed by atoms with E-state index in [1.54, 1.807) is 16.6 Å². The topological polar surface area (TPSA) is 89.1 Å². The summed E-state index contributed by atoms with van der Waals surface area (Å²) in [6.45, 7) is 4.63. The lowest BCUT2D eigenvalue weighted by Gasteiger charge is -2.20. The molecule has 1 aliphatic rings. The number of piperidine rings is 1. The molecule has 3 heterocycles. The third-order valence-corrected chi connectivity index (χ3v) is 4.46. The smallest absolute Gasteiger partial charge is 0.246 e. The number of hydrogen-bond acceptors (Lipinski definition) is 6. The number of rotatable bonds is 7. The van der Waals surface area contributed by atoms with Crippen molar-refractivity contribution in [1.29, 1.82) is 0 Å². The van der Waals surface area contributed by atoms with Crippen molar-refractivity contribution in [2.45, 2.75) is 51.6 Å². The van der Waals surface area contributed by atoms with Crippen molar-refractivity contribution in [2.75, 3.05) is 20.1 Å². The average Bonchev–Trinajstić information content (AvgIpc) is 3.26. The lowest BCUT2D eigenvalue weighted by Crippen LogP contribution is -2.30. The van der Waals surface area contributed by atoms with Crippen LogP contribution >= 0.6 is 0 Å². The molecule has 136 valence electrons. The molecule has 8 heteroatoms. The first-order valence-electron chi connectivity index (χ1n) is 8.95. The molecule has 8 nitrogen and oxygen atoms in total. The number of nitrogens with one attached hydrogen (secondary N) is 1. The fraction of sp³-hybridized carbons (Fsp3) is 0.647. The van der Waals surface area contributed by atoms with Gasteiger partial charge in [0.05, 0.1) is 12.2 Å². The van der Waals surface area contributed by atoms with E-state index in [0.29, 0.717) is 24.2 Å². The number of amides is 1. The molecule has 1 N–H and O–H groups in total. The maximum Gasteiger partial charge on any atom is 0.246 e. The van der Waals surface area contributed by atoms with E-state index < -0.39 is 0 Å². The van der Waals surface area contributed by atoms with Gasteiger partial charge in [0.1, 0.15) is 6.54 Å². The minimum Gasteiger partial charge on any atom is -0.337 e. The normalized spacial score (nSPS) is 17.6. The van der Waals surface area contributed by atoms with Gasteiger partial charge in [-0.3, -0.25) is 9.48 Å². The van der Waals surface area contributed by atoms with E-state index in [9.17, 15) is 4.79 Å². The molecule has 0 aliphatic carbocycles. The zero-order valence-electron chi connectivity index (χ0n) is 14.9. The predicted molar refractivity (Wildman–Crippen MR) is 91.8 cm³/mol. The Morgan fingerprint density at radius 1 is 1.52 bits per heavy atom. The number of carbonyl (C=O) groups excluding carboxylic acids is 1. The maximum absolute atomic E-state index is 12.4. The molecule has 0 aromatic carbocycles. The molecule has 0 radical (unpaired) electrons. The Labute approximate surface area is 147 Å². The summed E-state index contributed by atoms with van der Waals surface area (Å²) >= 11 is 0. The van der Waals surface area contributed by atoms with Crippen LogP contribution in [0.15, 0.2) is 16.8 Å². The van der Waals surface area contributed by atoms with Crippen LogP contribution in [0.25, 0.3) is 0 Å². The Kier molecular flexibility index (Phi) is 5.80. The van der Waals surface area contributed by atoms with Gasteiger partial charge in [0, 0.05) is 32.1 Å². The maximum atomic E-state index is 12.4. The van der Waals surface area contributed by atoms with E-state index in [1.165, 1.54) is 6.42 Å². The van der Waals surface area contributed by atoms with Crippen molar-refractivity contribution in [3.05, 3.63) is 29.7 Å². The summed E-state index contributed by atoms with van der Waals surface area (Å²) in [6, 6.07) is 2.01. The molecule has 0 saturated carbocycles. The highest BCUT2D eigenvalue weighted by Crippen LogP contribution is 2.21.